The summed E-state index contributed by atoms with van der Waals surface area (Å²) in [5, 5.41) is 11.5. The number of hydrogen-bond donors (Lipinski definition) is 2. The Morgan fingerprint density at radius 1 is 1.20 bits per heavy atom. The van der Waals surface area contributed by atoms with Crippen LogP contribution in [0.15, 0.2) is 18.5 Å². The van der Waals surface area contributed by atoms with Crippen molar-refractivity contribution in [1.82, 2.24) is 14.8 Å². The fourth-order valence-electron chi connectivity index (χ4n) is 1.76. The van der Waals surface area contributed by atoms with Crippen molar-refractivity contribution in [2.45, 2.75) is 20.4 Å². The highest BCUT2D eigenvalue weighted by molar-refractivity contribution is 6.37. The van der Waals surface area contributed by atoms with Gasteiger partial charge in [-0.05, 0) is 25.5 Å². The molecule has 20 heavy (non-hydrogen) atoms. The van der Waals surface area contributed by atoms with Gasteiger partial charge in [-0.3, -0.25) is 4.68 Å². The summed E-state index contributed by atoms with van der Waals surface area (Å²) in [5.41, 5.74) is 1.14. The number of nitrogens with zero attached hydrogens (tertiary/aromatic N) is 3. The van der Waals surface area contributed by atoms with Crippen molar-refractivity contribution < 1.29 is 0 Å². The highest BCUT2D eigenvalue weighted by Gasteiger charge is 2.08. The van der Waals surface area contributed by atoms with E-state index in [-0.39, 0.29) is 0 Å². The first kappa shape index (κ1) is 14.9. The van der Waals surface area contributed by atoms with E-state index in [2.05, 4.69) is 20.7 Å². The van der Waals surface area contributed by atoms with Crippen LogP contribution in [0.1, 0.15) is 12.5 Å². The lowest BCUT2D eigenvalue weighted by Gasteiger charge is -2.11. The van der Waals surface area contributed by atoms with E-state index in [1.165, 1.54) is 0 Å². The fourth-order valence-corrected chi connectivity index (χ4v) is 2.25. The van der Waals surface area contributed by atoms with Crippen LogP contribution in [-0.4, -0.2) is 27.9 Å². The number of hydrogen-bond acceptors (Lipinski definition) is 4. The summed E-state index contributed by atoms with van der Waals surface area (Å²) in [7, 11) is 0. The number of anilines is 2. The molecule has 108 valence electrons. The van der Waals surface area contributed by atoms with Crippen LogP contribution in [0, 0.1) is 6.92 Å². The van der Waals surface area contributed by atoms with E-state index in [0.29, 0.717) is 28.2 Å². The molecule has 0 unspecified atom stereocenters. The van der Waals surface area contributed by atoms with Crippen molar-refractivity contribution in [3.63, 3.8) is 0 Å². The van der Waals surface area contributed by atoms with Gasteiger partial charge < -0.3 is 10.6 Å². The number of nitrogens with one attached hydrogen (secondary N) is 2. The molecule has 7 heteroatoms. The fraction of sp³-hybridized carbons (Fsp3) is 0.385. The maximum atomic E-state index is 6.13. The lowest BCUT2D eigenvalue weighted by molar-refractivity contribution is 0.637. The van der Waals surface area contributed by atoms with Gasteiger partial charge in [0.2, 0.25) is 0 Å². The van der Waals surface area contributed by atoms with Gasteiger partial charge in [0.05, 0.1) is 22.8 Å². The molecule has 2 aromatic heterocycles. The summed E-state index contributed by atoms with van der Waals surface area (Å²) < 4.78 is 1.87. The van der Waals surface area contributed by atoms with Crippen LogP contribution in [0.4, 0.5) is 11.6 Å². The van der Waals surface area contributed by atoms with Crippen LogP contribution in [0.2, 0.25) is 10.0 Å². The van der Waals surface area contributed by atoms with Crippen molar-refractivity contribution in [2.75, 3.05) is 23.7 Å². The van der Waals surface area contributed by atoms with Crippen molar-refractivity contribution in [1.29, 1.82) is 0 Å². The largest absolute Gasteiger partial charge is 0.369 e. The van der Waals surface area contributed by atoms with Crippen LogP contribution in [0.25, 0.3) is 0 Å². The molecule has 0 fully saturated rings. The third-order valence-corrected chi connectivity index (χ3v) is 3.25. The Labute approximate surface area is 128 Å². The van der Waals surface area contributed by atoms with Crippen LogP contribution in [-0.2, 0) is 6.54 Å². The minimum Gasteiger partial charge on any atom is -0.369 e. The van der Waals surface area contributed by atoms with Gasteiger partial charge in [0, 0.05) is 19.3 Å². The Balaban J connectivity index is 1.99. The topological polar surface area (TPSA) is 54.8 Å². The lowest BCUT2D eigenvalue weighted by atomic mass is 10.4. The summed E-state index contributed by atoms with van der Waals surface area (Å²) >= 11 is 12.2. The maximum Gasteiger partial charge on any atom is 0.147 e. The Hall–Kier alpha value is -1.46. The van der Waals surface area contributed by atoms with Gasteiger partial charge in [-0.2, -0.15) is 5.10 Å². The summed E-state index contributed by atoms with van der Waals surface area (Å²) in [6.45, 7) is 6.17. The molecule has 5 nitrogen and oxygen atoms in total. The Kier molecular flexibility index (Phi) is 5.09. The van der Waals surface area contributed by atoms with Gasteiger partial charge in [0.15, 0.2) is 0 Å². The van der Waals surface area contributed by atoms with Crippen LogP contribution < -0.4 is 10.6 Å². The van der Waals surface area contributed by atoms with Gasteiger partial charge in [0.25, 0.3) is 0 Å². The molecule has 0 aliphatic rings. The van der Waals surface area contributed by atoms with Crippen molar-refractivity contribution >= 4 is 34.8 Å². The third-order valence-electron chi connectivity index (χ3n) is 2.67. The number of rotatable bonds is 6. The molecule has 2 aromatic rings. The molecule has 0 radical (unpaired) electrons. The zero-order chi connectivity index (χ0) is 14.5. The van der Waals surface area contributed by atoms with E-state index in [4.69, 9.17) is 23.2 Å². The molecule has 0 bridgehead atoms. The predicted molar refractivity (Wildman–Crippen MR) is 83.9 cm³/mol. The zero-order valence-corrected chi connectivity index (χ0v) is 13.0. The Morgan fingerprint density at radius 3 is 2.50 bits per heavy atom. The first-order valence-corrected chi connectivity index (χ1v) is 7.18. The van der Waals surface area contributed by atoms with Gasteiger partial charge in [0.1, 0.15) is 11.6 Å². The molecule has 0 saturated heterocycles. The standard InChI is InChI=1S/C13H17Cl2N5/c1-3-16-12-10(14)6-11(15)13(19-12)17-4-5-20-8-9(2)7-18-20/h6-8H,3-5H2,1-2H3,(H2,16,17,19). The van der Waals surface area contributed by atoms with Crippen LogP contribution in [0.3, 0.4) is 0 Å². The van der Waals surface area contributed by atoms with E-state index in [1.54, 1.807) is 6.07 Å². The first-order chi connectivity index (χ1) is 9.60. The van der Waals surface area contributed by atoms with E-state index in [0.717, 1.165) is 18.7 Å². The molecule has 0 aliphatic heterocycles. The van der Waals surface area contributed by atoms with E-state index in [9.17, 15) is 0 Å². The van der Waals surface area contributed by atoms with E-state index < -0.39 is 0 Å². The molecule has 0 spiro atoms. The average Bonchev–Trinajstić information content (AvgIpc) is 2.81. The number of aryl methyl sites for hydroxylation is 1. The second-order valence-corrected chi connectivity index (χ2v) is 5.20. The summed E-state index contributed by atoms with van der Waals surface area (Å²) in [6, 6.07) is 1.69. The molecular weight excluding hydrogens is 297 g/mol. The zero-order valence-electron chi connectivity index (χ0n) is 11.5. The highest BCUT2D eigenvalue weighted by Crippen LogP contribution is 2.28. The van der Waals surface area contributed by atoms with E-state index >= 15 is 0 Å². The predicted octanol–water partition coefficient (Wildman–Crippen LogP) is 3.44. The molecule has 2 heterocycles. The third kappa shape index (κ3) is 3.77. The highest BCUT2D eigenvalue weighted by atomic mass is 35.5. The minimum atomic E-state index is 0.508. The van der Waals surface area contributed by atoms with Gasteiger partial charge in [-0.1, -0.05) is 23.2 Å². The number of pyridine rings is 1. The molecule has 2 N–H and O–H groups in total. The van der Waals surface area contributed by atoms with Gasteiger partial charge in [-0.15, -0.1) is 0 Å². The molecule has 2 rings (SSSR count). The molecule has 0 saturated carbocycles. The normalized spacial score (nSPS) is 10.6. The SMILES string of the molecule is CCNc1nc(NCCn2cc(C)cn2)c(Cl)cc1Cl. The monoisotopic (exact) mass is 313 g/mol. The minimum absolute atomic E-state index is 0.508. The van der Waals surface area contributed by atoms with Crippen molar-refractivity contribution in [3.05, 3.63) is 34.1 Å². The second kappa shape index (κ2) is 6.81. The van der Waals surface area contributed by atoms with Gasteiger partial charge >= 0.3 is 0 Å². The molecular formula is C13H17Cl2N5. The van der Waals surface area contributed by atoms with Gasteiger partial charge in [-0.25, -0.2) is 4.98 Å². The maximum absolute atomic E-state index is 6.13. The smallest absolute Gasteiger partial charge is 0.147 e. The number of aromatic nitrogens is 3. The first-order valence-electron chi connectivity index (χ1n) is 6.43. The molecule has 0 atom stereocenters. The van der Waals surface area contributed by atoms with Crippen molar-refractivity contribution in [2.24, 2.45) is 0 Å². The second-order valence-electron chi connectivity index (χ2n) is 4.39. The van der Waals surface area contributed by atoms with E-state index in [1.807, 2.05) is 30.9 Å². The quantitative estimate of drug-likeness (QED) is 0.857. The Bertz CT molecular complexity index is 582. The summed E-state index contributed by atoms with van der Waals surface area (Å²) in [6.07, 6.45) is 3.82. The van der Waals surface area contributed by atoms with Crippen LogP contribution in [0.5, 0.6) is 0 Å². The Morgan fingerprint density at radius 2 is 1.90 bits per heavy atom. The molecule has 0 amide bonds. The lowest BCUT2D eigenvalue weighted by Crippen LogP contribution is -2.12. The summed E-state index contributed by atoms with van der Waals surface area (Å²) in [5.74, 6) is 1.26. The summed E-state index contributed by atoms with van der Waals surface area (Å²) in [4.78, 5) is 4.38. The molecule has 0 aliphatic carbocycles. The molecule has 0 aromatic carbocycles. The number of halogens is 2. The van der Waals surface area contributed by atoms with Crippen LogP contribution >= 0.6 is 23.2 Å². The van der Waals surface area contributed by atoms with Crippen molar-refractivity contribution in [3.8, 4) is 0 Å². The average molecular weight is 314 g/mol.